The molecule has 0 bridgehead atoms. The van der Waals surface area contributed by atoms with Gasteiger partial charge in [0.2, 0.25) is 0 Å². The Balaban J connectivity index is 2.65. The Hall–Kier alpha value is -1.04. The summed E-state index contributed by atoms with van der Waals surface area (Å²) in [5.74, 6) is 2.32. The first-order valence-electron chi connectivity index (χ1n) is 4.80. The van der Waals surface area contributed by atoms with Crippen LogP contribution in [0, 0.1) is 18.2 Å². The van der Waals surface area contributed by atoms with Gasteiger partial charge in [-0.2, -0.15) is 0 Å². The molecule has 3 heteroatoms. The highest BCUT2D eigenvalue weighted by atomic mass is 35.5. The monoisotopic (exact) mass is 225 g/mol. The van der Waals surface area contributed by atoms with Gasteiger partial charge in [0.15, 0.2) is 0 Å². The Morgan fingerprint density at radius 1 is 1.60 bits per heavy atom. The van der Waals surface area contributed by atoms with E-state index in [9.17, 15) is 4.39 Å². The third kappa shape index (κ3) is 3.54. The van der Waals surface area contributed by atoms with Crippen LogP contribution in [-0.2, 0) is 6.54 Å². The Morgan fingerprint density at radius 2 is 2.33 bits per heavy atom. The molecule has 1 N–H and O–H groups in total. The maximum Gasteiger partial charge on any atom is 0.123 e. The zero-order valence-electron chi connectivity index (χ0n) is 8.56. The van der Waals surface area contributed by atoms with Crippen molar-refractivity contribution < 1.29 is 4.39 Å². The number of nitrogens with one attached hydrogen (secondary N) is 1. The lowest BCUT2D eigenvalue weighted by Gasteiger charge is -2.11. The summed E-state index contributed by atoms with van der Waals surface area (Å²) in [6.07, 6.45) is 6.13. The summed E-state index contributed by atoms with van der Waals surface area (Å²) in [7, 11) is 0. The molecule has 0 aromatic heterocycles. The van der Waals surface area contributed by atoms with Gasteiger partial charge in [0.1, 0.15) is 5.82 Å². The molecule has 0 heterocycles. The van der Waals surface area contributed by atoms with E-state index in [1.54, 1.807) is 6.07 Å². The van der Waals surface area contributed by atoms with Gasteiger partial charge in [-0.1, -0.05) is 24.4 Å². The molecular weight excluding hydrogens is 213 g/mol. The summed E-state index contributed by atoms with van der Waals surface area (Å²) in [6.45, 7) is 2.48. The Labute approximate surface area is 94.6 Å². The molecule has 1 aromatic rings. The van der Waals surface area contributed by atoms with Crippen molar-refractivity contribution in [2.75, 3.05) is 0 Å². The third-order valence-corrected chi connectivity index (χ3v) is 2.52. The maximum atomic E-state index is 12.9. The highest BCUT2D eigenvalue weighted by Crippen LogP contribution is 2.16. The van der Waals surface area contributed by atoms with Crippen LogP contribution in [-0.4, -0.2) is 6.04 Å². The number of rotatable bonds is 4. The quantitative estimate of drug-likeness (QED) is 0.777. The number of hydrogen-bond donors (Lipinski definition) is 1. The summed E-state index contributed by atoms with van der Waals surface area (Å²) in [6, 6.07) is 4.30. The molecule has 0 spiro atoms. The summed E-state index contributed by atoms with van der Waals surface area (Å²) in [4.78, 5) is 0. The van der Waals surface area contributed by atoms with Crippen molar-refractivity contribution in [3.8, 4) is 12.3 Å². The lowest BCUT2D eigenvalue weighted by atomic mass is 10.2. The summed E-state index contributed by atoms with van der Waals surface area (Å²) in [5, 5.41) is 3.67. The molecule has 0 saturated heterocycles. The minimum atomic E-state index is -0.287. The minimum Gasteiger partial charge on any atom is -0.300 e. The second-order valence-electron chi connectivity index (χ2n) is 3.24. The fourth-order valence-electron chi connectivity index (χ4n) is 1.23. The van der Waals surface area contributed by atoms with Crippen molar-refractivity contribution in [1.82, 2.24) is 5.32 Å². The molecule has 0 aliphatic heterocycles. The average molecular weight is 226 g/mol. The van der Waals surface area contributed by atoms with E-state index in [-0.39, 0.29) is 11.9 Å². The van der Waals surface area contributed by atoms with E-state index >= 15 is 0 Å². The van der Waals surface area contributed by atoms with Gasteiger partial charge in [0.05, 0.1) is 6.04 Å². The lowest BCUT2D eigenvalue weighted by molar-refractivity contribution is 0.585. The second kappa shape index (κ2) is 5.75. The molecular formula is C12H13ClFN. The summed E-state index contributed by atoms with van der Waals surface area (Å²) in [5.41, 5.74) is 0.727. The number of benzene rings is 1. The molecule has 1 nitrogen and oxygen atoms in total. The first kappa shape index (κ1) is 12.0. The first-order valence-corrected chi connectivity index (χ1v) is 5.18. The van der Waals surface area contributed by atoms with E-state index in [1.165, 1.54) is 12.1 Å². The zero-order valence-corrected chi connectivity index (χ0v) is 9.31. The van der Waals surface area contributed by atoms with Gasteiger partial charge in [-0.3, -0.25) is 5.32 Å². The molecule has 1 atom stereocenters. The fourth-order valence-corrected chi connectivity index (χ4v) is 1.42. The molecule has 0 radical (unpaired) electrons. The van der Waals surface area contributed by atoms with Gasteiger partial charge in [0, 0.05) is 11.6 Å². The molecule has 1 rings (SSSR count). The van der Waals surface area contributed by atoms with Gasteiger partial charge < -0.3 is 0 Å². The standard InChI is InChI=1S/C12H13ClFN/c1-3-11(4-2)15-8-9-7-10(14)5-6-12(9)13/h1,5-7,11,15H,4,8H2,2H3. The molecule has 15 heavy (non-hydrogen) atoms. The molecule has 80 valence electrons. The highest BCUT2D eigenvalue weighted by molar-refractivity contribution is 6.31. The molecule has 1 unspecified atom stereocenters. The predicted molar refractivity (Wildman–Crippen MR) is 61.2 cm³/mol. The van der Waals surface area contributed by atoms with Crippen LogP contribution in [0.4, 0.5) is 4.39 Å². The average Bonchev–Trinajstić information content (AvgIpc) is 2.24. The van der Waals surface area contributed by atoms with Crippen LogP contribution in [0.1, 0.15) is 18.9 Å². The minimum absolute atomic E-state index is 0.00401. The van der Waals surface area contributed by atoms with Crippen LogP contribution in [0.2, 0.25) is 5.02 Å². The molecule has 0 aliphatic carbocycles. The van der Waals surface area contributed by atoms with Crippen LogP contribution in [0.15, 0.2) is 18.2 Å². The smallest absolute Gasteiger partial charge is 0.123 e. The number of terminal acetylenes is 1. The van der Waals surface area contributed by atoms with Gasteiger partial charge in [0.25, 0.3) is 0 Å². The Kier molecular flexibility index (Phi) is 4.61. The molecule has 1 aromatic carbocycles. The van der Waals surface area contributed by atoms with Crippen molar-refractivity contribution in [2.24, 2.45) is 0 Å². The zero-order chi connectivity index (χ0) is 11.3. The van der Waals surface area contributed by atoms with Gasteiger partial charge in [-0.05, 0) is 30.2 Å². The van der Waals surface area contributed by atoms with Crippen molar-refractivity contribution in [1.29, 1.82) is 0 Å². The summed E-state index contributed by atoms with van der Waals surface area (Å²) >= 11 is 5.91. The van der Waals surface area contributed by atoms with Crippen LogP contribution in [0.25, 0.3) is 0 Å². The largest absolute Gasteiger partial charge is 0.300 e. The first-order chi connectivity index (χ1) is 7.17. The van der Waals surface area contributed by atoms with Crippen molar-refractivity contribution >= 4 is 11.6 Å². The molecule has 0 fully saturated rings. The number of halogens is 2. The lowest BCUT2D eigenvalue weighted by Crippen LogP contribution is -2.26. The van der Waals surface area contributed by atoms with Crippen molar-refractivity contribution in [3.63, 3.8) is 0 Å². The molecule has 0 aliphatic rings. The van der Waals surface area contributed by atoms with Crippen LogP contribution >= 0.6 is 11.6 Å². The second-order valence-corrected chi connectivity index (χ2v) is 3.65. The summed E-state index contributed by atoms with van der Waals surface area (Å²) < 4.78 is 12.9. The maximum absolute atomic E-state index is 12.9. The van der Waals surface area contributed by atoms with Gasteiger partial charge in [-0.25, -0.2) is 4.39 Å². The van der Waals surface area contributed by atoms with E-state index in [0.717, 1.165) is 12.0 Å². The molecule has 0 amide bonds. The Bertz CT molecular complexity index is 370. The third-order valence-electron chi connectivity index (χ3n) is 2.16. The normalized spacial score (nSPS) is 12.1. The van der Waals surface area contributed by atoms with E-state index in [0.29, 0.717) is 11.6 Å². The van der Waals surface area contributed by atoms with E-state index in [2.05, 4.69) is 11.2 Å². The topological polar surface area (TPSA) is 12.0 Å². The van der Waals surface area contributed by atoms with Crippen LogP contribution in [0.3, 0.4) is 0 Å². The van der Waals surface area contributed by atoms with Gasteiger partial charge in [-0.15, -0.1) is 6.42 Å². The predicted octanol–water partition coefficient (Wildman–Crippen LogP) is 2.98. The van der Waals surface area contributed by atoms with Crippen molar-refractivity contribution in [2.45, 2.75) is 25.9 Å². The SMILES string of the molecule is C#CC(CC)NCc1cc(F)ccc1Cl. The number of hydrogen-bond acceptors (Lipinski definition) is 1. The molecule has 0 saturated carbocycles. The van der Waals surface area contributed by atoms with Crippen molar-refractivity contribution in [3.05, 3.63) is 34.6 Å². The van der Waals surface area contributed by atoms with E-state index in [1.807, 2.05) is 6.92 Å². The van der Waals surface area contributed by atoms with E-state index in [4.69, 9.17) is 18.0 Å². The highest BCUT2D eigenvalue weighted by Gasteiger charge is 2.05. The van der Waals surface area contributed by atoms with Crippen LogP contribution < -0.4 is 5.32 Å². The van der Waals surface area contributed by atoms with E-state index < -0.39 is 0 Å². The van der Waals surface area contributed by atoms with Crippen LogP contribution in [0.5, 0.6) is 0 Å². The fraction of sp³-hybridized carbons (Fsp3) is 0.333. The van der Waals surface area contributed by atoms with Gasteiger partial charge >= 0.3 is 0 Å². The Morgan fingerprint density at radius 3 is 2.93 bits per heavy atom.